The lowest BCUT2D eigenvalue weighted by Crippen LogP contribution is -2.61. The number of hydrogen-bond donors (Lipinski definition) is 3. The molecule has 0 aliphatic carbocycles. The molecule has 0 bridgehead atoms. The normalized spacial score (nSPS) is 18.5. The van der Waals surface area contributed by atoms with Crippen molar-refractivity contribution in [1.29, 1.82) is 0 Å². The first-order valence-electron chi connectivity index (χ1n) is 30.9. The highest BCUT2D eigenvalue weighted by Crippen LogP contribution is 2.26. The van der Waals surface area contributed by atoms with Gasteiger partial charge in [0, 0.05) is 19.3 Å². The summed E-state index contributed by atoms with van der Waals surface area (Å²) in [4.78, 5) is 51.1. The predicted molar refractivity (Wildman–Crippen MR) is 312 cm³/mol. The average Bonchev–Trinajstić information content (AvgIpc) is 3.42. The number of aliphatic hydroxyl groups is 2. The van der Waals surface area contributed by atoms with Crippen molar-refractivity contribution in [3.8, 4) is 0 Å². The molecule has 1 aliphatic heterocycles. The lowest BCUT2D eigenvalue weighted by Gasteiger charge is -2.40. The molecule has 12 heteroatoms. The maximum atomic E-state index is 13.1. The summed E-state index contributed by atoms with van der Waals surface area (Å²) in [5, 5.41) is 31.5. The number of rotatable bonds is 52. The minimum atomic E-state index is -1.93. The number of allylic oxidation sites excluding steroid dienone is 12. The highest BCUT2D eigenvalue weighted by molar-refractivity contribution is 5.74. The second-order valence-corrected chi connectivity index (χ2v) is 21.0. The van der Waals surface area contributed by atoms with Crippen LogP contribution in [0.1, 0.15) is 265 Å². The van der Waals surface area contributed by atoms with Gasteiger partial charge < -0.3 is 39.0 Å². The summed E-state index contributed by atoms with van der Waals surface area (Å²) >= 11 is 0. The van der Waals surface area contributed by atoms with Crippen molar-refractivity contribution in [3.63, 3.8) is 0 Å². The summed E-state index contributed by atoms with van der Waals surface area (Å²) in [6, 6.07) is 0. The zero-order chi connectivity index (χ0) is 56.1. The van der Waals surface area contributed by atoms with E-state index in [0.717, 1.165) is 70.6 Å². The number of carbonyl (C=O) groups excluding carboxylic acids is 3. The van der Waals surface area contributed by atoms with Gasteiger partial charge in [-0.05, 0) is 57.8 Å². The van der Waals surface area contributed by atoms with Crippen molar-refractivity contribution < 1.29 is 58.2 Å². The van der Waals surface area contributed by atoms with Gasteiger partial charge in [-0.2, -0.15) is 0 Å². The Morgan fingerprint density at radius 3 is 1.22 bits per heavy atom. The van der Waals surface area contributed by atoms with Gasteiger partial charge in [-0.15, -0.1) is 0 Å². The van der Waals surface area contributed by atoms with Crippen molar-refractivity contribution >= 4 is 23.9 Å². The number of aliphatic hydroxyl groups excluding tert-OH is 2. The third-order valence-electron chi connectivity index (χ3n) is 13.8. The number of esters is 3. The van der Waals surface area contributed by atoms with Gasteiger partial charge in [-0.3, -0.25) is 14.4 Å². The number of carbonyl (C=O) groups is 4. The number of hydrogen-bond acceptors (Lipinski definition) is 11. The quantitative estimate of drug-likeness (QED) is 0.0228. The van der Waals surface area contributed by atoms with Crippen LogP contribution in [0.3, 0.4) is 0 Å². The third-order valence-corrected chi connectivity index (χ3v) is 13.8. The van der Waals surface area contributed by atoms with E-state index in [1.165, 1.54) is 128 Å². The van der Waals surface area contributed by atoms with Gasteiger partial charge in [0.05, 0.1) is 6.61 Å². The van der Waals surface area contributed by atoms with E-state index in [-0.39, 0.29) is 25.9 Å². The largest absolute Gasteiger partial charge is 0.479 e. The van der Waals surface area contributed by atoms with E-state index in [0.29, 0.717) is 25.7 Å². The highest BCUT2D eigenvalue weighted by atomic mass is 16.7. The molecule has 0 spiro atoms. The Morgan fingerprint density at radius 2 is 0.818 bits per heavy atom. The maximum Gasteiger partial charge on any atom is 0.335 e. The molecule has 1 rings (SSSR count). The van der Waals surface area contributed by atoms with E-state index >= 15 is 0 Å². The van der Waals surface area contributed by atoms with Crippen molar-refractivity contribution in [2.45, 2.75) is 302 Å². The molecule has 0 aromatic carbocycles. The molecule has 1 aliphatic rings. The van der Waals surface area contributed by atoms with E-state index < -0.39 is 67.3 Å². The molecular weight excluding hydrogens is 973 g/mol. The topological polar surface area (TPSA) is 175 Å². The molecule has 3 N–H and O–H groups in total. The smallest absolute Gasteiger partial charge is 0.335 e. The molecule has 0 aromatic heterocycles. The zero-order valence-corrected chi connectivity index (χ0v) is 48.7. The maximum absolute atomic E-state index is 13.1. The first-order valence-corrected chi connectivity index (χ1v) is 30.9. The summed E-state index contributed by atoms with van der Waals surface area (Å²) in [5.74, 6) is -3.21. The van der Waals surface area contributed by atoms with E-state index in [9.17, 15) is 34.5 Å². The van der Waals surface area contributed by atoms with Gasteiger partial charge in [-0.25, -0.2) is 4.79 Å². The van der Waals surface area contributed by atoms with Crippen molar-refractivity contribution in [2.24, 2.45) is 0 Å². The lowest BCUT2D eigenvalue weighted by molar-refractivity contribution is -0.301. The Kier molecular flexibility index (Phi) is 48.8. The lowest BCUT2D eigenvalue weighted by atomic mass is 9.98. The number of ether oxygens (including phenoxy) is 5. The van der Waals surface area contributed by atoms with Gasteiger partial charge in [0.2, 0.25) is 0 Å². The fourth-order valence-corrected chi connectivity index (χ4v) is 9.10. The molecule has 0 radical (unpaired) electrons. The van der Waals surface area contributed by atoms with Gasteiger partial charge in [0.15, 0.2) is 24.6 Å². The Bertz CT molecular complexity index is 1620. The number of carboxylic acids is 1. The highest BCUT2D eigenvalue weighted by Gasteiger charge is 2.50. The molecular formula is C65H110O12. The monoisotopic (exact) mass is 1080 g/mol. The van der Waals surface area contributed by atoms with E-state index in [1.807, 2.05) is 18.2 Å². The van der Waals surface area contributed by atoms with Crippen LogP contribution < -0.4 is 0 Å². The van der Waals surface area contributed by atoms with Crippen LogP contribution >= 0.6 is 0 Å². The zero-order valence-electron chi connectivity index (χ0n) is 48.7. The molecule has 442 valence electrons. The number of aliphatic carboxylic acids is 1. The molecule has 77 heavy (non-hydrogen) atoms. The van der Waals surface area contributed by atoms with Crippen LogP contribution in [-0.2, 0) is 42.9 Å². The van der Waals surface area contributed by atoms with Crippen molar-refractivity contribution in [3.05, 3.63) is 72.9 Å². The summed E-state index contributed by atoms with van der Waals surface area (Å²) in [6.07, 6.45) is 54.5. The molecule has 1 fully saturated rings. The summed E-state index contributed by atoms with van der Waals surface area (Å²) < 4.78 is 28.4. The predicted octanol–water partition coefficient (Wildman–Crippen LogP) is 16.1. The van der Waals surface area contributed by atoms with Crippen LogP contribution in [0.2, 0.25) is 0 Å². The van der Waals surface area contributed by atoms with Crippen molar-refractivity contribution in [1.82, 2.24) is 0 Å². The van der Waals surface area contributed by atoms with Crippen LogP contribution in [0, 0.1) is 0 Å². The Morgan fingerprint density at radius 1 is 0.442 bits per heavy atom. The molecule has 6 atom stereocenters. The molecule has 1 saturated heterocycles. The average molecular weight is 1080 g/mol. The van der Waals surface area contributed by atoms with Gasteiger partial charge >= 0.3 is 23.9 Å². The molecule has 0 amide bonds. The van der Waals surface area contributed by atoms with Crippen molar-refractivity contribution in [2.75, 3.05) is 13.2 Å². The minimum absolute atomic E-state index is 0.0642. The second kappa shape index (κ2) is 52.8. The van der Waals surface area contributed by atoms with Gasteiger partial charge in [0.25, 0.3) is 0 Å². The van der Waals surface area contributed by atoms with E-state index in [4.69, 9.17) is 23.7 Å². The van der Waals surface area contributed by atoms with Crippen LogP contribution in [0.4, 0.5) is 0 Å². The van der Waals surface area contributed by atoms with Crippen LogP contribution in [0.15, 0.2) is 72.9 Å². The summed E-state index contributed by atoms with van der Waals surface area (Å²) in [7, 11) is 0. The number of carboxylic acid groups (broad SMARTS) is 1. The van der Waals surface area contributed by atoms with Crippen LogP contribution in [0.5, 0.6) is 0 Å². The second-order valence-electron chi connectivity index (χ2n) is 21.0. The van der Waals surface area contributed by atoms with Gasteiger partial charge in [-0.1, -0.05) is 261 Å². The molecule has 6 unspecified atom stereocenters. The Balaban J connectivity index is 2.71. The fourth-order valence-electron chi connectivity index (χ4n) is 9.10. The molecule has 0 aromatic rings. The molecule has 12 nitrogen and oxygen atoms in total. The standard InChI is InChI=1S/C65H110O12/c1-4-7-10-13-16-19-22-25-27-28-29-30-32-35-38-41-44-47-50-53-59(68)76-63-61(70)60(69)62(64(71)72)77-65(63)74-55-56(75-58(67)52-49-46-43-40-37-33-24-21-18-15-12-9-6-3)54-73-57(66)51-48-45-42-39-36-34-31-26-23-20-17-14-11-8-5-2/h7,10,16,19,25,27,29-30,35,38,44,47,56,60-63,65,69-70H,4-6,8-9,11-15,17-18,20-24,26,28,31-34,36-37,39-43,45-46,48-55H2,1-3H3,(H,71,72)/b10-7-,19-16-,27-25-,30-29-,38-35-,47-44-. The van der Waals surface area contributed by atoms with Gasteiger partial charge in [0.1, 0.15) is 18.8 Å². The summed E-state index contributed by atoms with van der Waals surface area (Å²) in [5.41, 5.74) is 0. The minimum Gasteiger partial charge on any atom is -0.479 e. The van der Waals surface area contributed by atoms with Crippen LogP contribution in [-0.4, -0.2) is 89.2 Å². The molecule has 1 heterocycles. The molecule has 0 saturated carbocycles. The third kappa shape index (κ3) is 42.7. The van der Waals surface area contributed by atoms with Crippen LogP contribution in [0.25, 0.3) is 0 Å². The summed E-state index contributed by atoms with van der Waals surface area (Å²) in [6.45, 7) is 5.87. The first-order chi connectivity index (χ1) is 37.6. The first kappa shape index (κ1) is 71.2. The number of unbranched alkanes of at least 4 members (excludes halogenated alkanes) is 26. The van der Waals surface area contributed by atoms with E-state index in [2.05, 4.69) is 75.5 Å². The Labute approximate surface area is 468 Å². The Hall–Kier alpha value is -3.84. The fraction of sp³-hybridized carbons (Fsp3) is 0.754. The van der Waals surface area contributed by atoms with E-state index in [1.54, 1.807) is 0 Å². The SMILES string of the molecule is CC/C=C\C/C=C\C/C=C\C/C=C\C/C=C\C/C=C\CCC(=O)OC1C(OCC(COC(=O)CCCCCCCCCCCCCCCCC)OC(=O)CCCCCCCCCCCCCCC)OC(C(=O)O)C(O)C1O.